The molecule has 0 spiro atoms. The van der Waals surface area contributed by atoms with Crippen molar-refractivity contribution >= 4 is 17.7 Å². The lowest BCUT2D eigenvalue weighted by Crippen LogP contribution is -2.38. The van der Waals surface area contributed by atoms with Gasteiger partial charge in [-0.2, -0.15) is 0 Å². The van der Waals surface area contributed by atoms with Crippen LogP contribution in [0.1, 0.15) is 51.4 Å². The average molecular weight is 311 g/mol. The van der Waals surface area contributed by atoms with Crippen molar-refractivity contribution in [2.45, 2.75) is 62.6 Å². The van der Waals surface area contributed by atoms with E-state index < -0.39 is 0 Å². The molecule has 1 aromatic heterocycles. The topological polar surface area (TPSA) is 63.9 Å². The first-order valence-electron chi connectivity index (χ1n) is 7.79. The molecule has 0 saturated heterocycles. The van der Waals surface area contributed by atoms with E-state index in [9.17, 15) is 4.79 Å². The Morgan fingerprint density at radius 2 is 2.10 bits per heavy atom. The van der Waals surface area contributed by atoms with Gasteiger partial charge in [-0.1, -0.05) is 31.0 Å². The van der Waals surface area contributed by atoms with Gasteiger partial charge in [-0.25, -0.2) is 4.68 Å². The van der Waals surface area contributed by atoms with Crippen molar-refractivity contribution in [2.75, 3.05) is 12.8 Å². The maximum Gasteiger partial charge on any atom is 0.222 e. The zero-order valence-corrected chi connectivity index (χ0v) is 13.8. The van der Waals surface area contributed by atoms with Gasteiger partial charge in [0.1, 0.15) is 0 Å². The number of aromatic nitrogens is 4. The molecule has 0 N–H and O–H groups in total. The van der Waals surface area contributed by atoms with Crippen molar-refractivity contribution < 1.29 is 4.79 Å². The van der Waals surface area contributed by atoms with Crippen LogP contribution < -0.4 is 0 Å². The van der Waals surface area contributed by atoms with E-state index in [4.69, 9.17) is 0 Å². The van der Waals surface area contributed by atoms with Crippen LogP contribution >= 0.6 is 11.8 Å². The van der Waals surface area contributed by atoms with Crippen LogP contribution in [0.4, 0.5) is 0 Å². The molecule has 0 unspecified atom stereocenters. The highest BCUT2D eigenvalue weighted by Gasteiger charge is 2.21. The average Bonchev–Trinajstić information content (AvgIpc) is 2.92. The van der Waals surface area contributed by atoms with Crippen molar-refractivity contribution in [1.29, 1.82) is 0 Å². The van der Waals surface area contributed by atoms with E-state index in [1.807, 2.05) is 19.0 Å². The Morgan fingerprint density at radius 1 is 1.33 bits per heavy atom. The van der Waals surface area contributed by atoms with Crippen LogP contribution in [0.5, 0.6) is 0 Å². The lowest BCUT2D eigenvalue weighted by molar-refractivity contribution is -0.132. The van der Waals surface area contributed by atoms with Gasteiger partial charge in [-0.3, -0.25) is 4.79 Å². The molecule has 6 nitrogen and oxygen atoms in total. The monoisotopic (exact) mass is 311 g/mol. The SMILES string of the molecule is CN(C(=O)CCCCSc1nnnn1C)C1CCCCC1. The molecule has 1 amide bonds. The molecule has 2 rings (SSSR count). The van der Waals surface area contributed by atoms with Crippen molar-refractivity contribution in [2.24, 2.45) is 7.05 Å². The third-order valence-electron chi connectivity index (χ3n) is 4.11. The lowest BCUT2D eigenvalue weighted by Gasteiger charge is -2.31. The zero-order chi connectivity index (χ0) is 15.1. The van der Waals surface area contributed by atoms with Crippen molar-refractivity contribution in [3.05, 3.63) is 0 Å². The maximum atomic E-state index is 12.2. The number of hydrogen-bond acceptors (Lipinski definition) is 5. The molecule has 21 heavy (non-hydrogen) atoms. The first kappa shape index (κ1) is 16.3. The van der Waals surface area contributed by atoms with Gasteiger partial charge in [0.25, 0.3) is 0 Å². The second-order valence-corrected chi connectivity index (χ2v) is 6.75. The molecule has 0 aromatic carbocycles. The number of tetrazole rings is 1. The Hall–Kier alpha value is -1.11. The van der Waals surface area contributed by atoms with Gasteiger partial charge < -0.3 is 4.90 Å². The number of nitrogens with zero attached hydrogens (tertiary/aromatic N) is 5. The van der Waals surface area contributed by atoms with E-state index in [2.05, 4.69) is 15.5 Å². The molecule has 1 aliphatic carbocycles. The summed E-state index contributed by atoms with van der Waals surface area (Å²) in [4.78, 5) is 14.2. The number of amides is 1. The molecule has 0 atom stereocenters. The molecule has 118 valence electrons. The Labute approximate surface area is 130 Å². The first-order chi connectivity index (χ1) is 10.2. The molecule has 0 radical (unpaired) electrons. The predicted octanol–water partition coefficient (Wildman–Crippen LogP) is 2.26. The molecule has 1 aliphatic rings. The molecule has 1 fully saturated rings. The summed E-state index contributed by atoms with van der Waals surface area (Å²) in [5.41, 5.74) is 0. The summed E-state index contributed by atoms with van der Waals surface area (Å²) in [6, 6.07) is 0.477. The van der Waals surface area contributed by atoms with E-state index in [1.54, 1.807) is 16.4 Å². The van der Waals surface area contributed by atoms with Crippen LogP contribution in [0.3, 0.4) is 0 Å². The van der Waals surface area contributed by atoms with Crippen LogP contribution in [0.15, 0.2) is 5.16 Å². The normalized spacial score (nSPS) is 16.1. The fourth-order valence-electron chi connectivity index (χ4n) is 2.73. The quantitative estimate of drug-likeness (QED) is 0.571. The van der Waals surface area contributed by atoms with Crippen LogP contribution in [0, 0.1) is 0 Å². The van der Waals surface area contributed by atoms with Gasteiger partial charge in [-0.05, 0) is 36.1 Å². The highest BCUT2D eigenvalue weighted by atomic mass is 32.2. The molecule has 7 heteroatoms. The van der Waals surface area contributed by atoms with Gasteiger partial charge >= 0.3 is 0 Å². The third kappa shape index (κ3) is 4.98. The number of carbonyl (C=O) groups excluding carboxylic acids is 1. The highest BCUT2D eigenvalue weighted by molar-refractivity contribution is 7.99. The van der Waals surface area contributed by atoms with Crippen LogP contribution in [0.2, 0.25) is 0 Å². The molecule has 0 bridgehead atoms. The minimum atomic E-state index is 0.298. The van der Waals surface area contributed by atoms with E-state index in [0.29, 0.717) is 18.4 Å². The van der Waals surface area contributed by atoms with E-state index in [1.165, 1.54) is 32.1 Å². The second-order valence-electron chi connectivity index (χ2n) is 5.69. The molecule has 1 saturated carbocycles. The van der Waals surface area contributed by atoms with Gasteiger partial charge in [0.15, 0.2) is 0 Å². The number of carbonyl (C=O) groups is 1. The summed E-state index contributed by atoms with van der Waals surface area (Å²) in [6.07, 6.45) is 8.83. The molecule has 0 aliphatic heterocycles. The first-order valence-corrected chi connectivity index (χ1v) is 8.78. The summed E-state index contributed by atoms with van der Waals surface area (Å²) in [5.74, 6) is 1.25. The molecule has 1 aromatic rings. The number of rotatable bonds is 7. The van der Waals surface area contributed by atoms with E-state index in [0.717, 1.165) is 23.8 Å². The minimum Gasteiger partial charge on any atom is -0.343 e. The smallest absolute Gasteiger partial charge is 0.222 e. The number of thioether (sulfide) groups is 1. The molecular weight excluding hydrogens is 286 g/mol. The molecular formula is C14H25N5OS. The standard InChI is InChI=1S/C14H25N5OS/c1-18(12-8-4-3-5-9-12)13(20)10-6-7-11-21-14-15-16-17-19(14)2/h12H,3-11H2,1-2H3. The highest BCUT2D eigenvalue weighted by Crippen LogP contribution is 2.22. The predicted molar refractivity (Wildman–Crippen MR) is 83.0 cm³/mol. The van der Waals surface area contributed by atoms with Gasteiger partial charge in [0, 0.05) is 32.3 Å². The van der Waals surface area contributed by atoms with E-state index >= 15 is 0 Å². The minimum absolute atomic E-state index is 0.298. The summed E-state index contributed by atoms with van der Waals surface area (Å²) in [5, 5.41) is 12.2. The van der Waals surface area contributed by atoms with Gasteiger partial charge in [0.05, 0.1) is 0 Å². The van der Waals surface area contributed by atoms with Crippen molar-refractivity contribution in [3.63, 3.8) is 0 Å². The second kappa shape index (κ2) is 8.36. The van der Waals surface area contributed by atoms with E-state index in [-0.39, 0.29) is 0 Å². The fraction of sp³-hybridized carbons (Fsp3) is 0.857. The Kier molecular flexibility index (Phi) is 6.48. The number of aryl methyl sites for hydroxylation is 1. The summed E-state index contributed by atoms with van der Waals surface area (Å²) >= 11 is 1.64. The Balaban J connectivity index is 1.59. The largest absolute Gasteiger partial charge is 0.343 e. The summed E-state index contributed by atoms with van der Waals surface area (Å²) < 4.78 is 1.67. The molecule has 1 heterocycles. The van der Waals surface area contributed by atoms with Crippen LogP contribution in [-0.4, -0.2) is 49.9 Å². The number of unbranched alkanes of at least 4 members (excludes halogenated alkanes) is 1. The number of hydrogen-bond donors (Lipinski definition) is 0. The zero-order valence-electron chi connectivity index (χ0n) is 13.0. The Morgan fingerprint density at radius 3 is 2.76 bits per heavy atom. The maximum absolute atomic E-state index is 12.2. The van der Waals surface area contributed by atoms with Gasteiger partial charge in [0.2, 0.25) is 11.1 Å². The van der Waals surface area contributed by atoms with Crippen LogP contribution in [-0.2, 0) is 11.8 Å². The van der Waals surface area contributed by atoms with Gasteiger partial charge in [-0.15, -0.1) is 5.10 Å². The fourth-order valence-corrected chi connectivity index (χ4v) is 3.58. The third-order valence-corrected chi connectivity index (χ3v) is 5.21. The summed E-state index contributed by atoms with van der Waals surface area (Å²) in [7, 11) is 3.81. The lowest BCUT2D eigenvalue weighted by atomic mass is 9.94. The Bertz CT molecular complexity index is 444. The van der Waals surface area contributed by atoms with Crippen molar-refractivity contribution in [3.8, 4) is 0 Å². The van der Waals surface area contributed by atoms with Crippen LogP contribution in [0.25, 0.3) is 0 Å². The van der Waals surface area contributed by atoms with Crippen molar-refractivity contribution in [1.82, 2.24) is 25.1 Å². The summed E-state index contributed by atoms with van der Waals surface area (Å²) in [6.45, 7) is 0.